The highest BCUT2D eigenvalue weighted by Gasteiger charge is 2.32. The van der Waals surface area contributed by atoms with E-state index in [-0.39, 0.29) is 7.92 Å². The molecule has 0 aliphatic rings. The van der Waals surface area contributed by atoms with Crippen molar-refractivity contribution in [2.24, 2.45) is 0 Å². The molecule has 0 radical (unpaired) electrons. The zero-order valence-corrected chi connectivity index (χ0v) is 18.4. The van der Waals surface area contributed by atoms with E-state index in [1.807, 2.05) is 0 Å². The van der Waals surface area contributed by atoms with Crippen molar-refractivity contribution >= 4 is 7.92 Å². The van der Waals surface area contributed by atoms with Gasteiger partial charge in [-0.1, -0.05) is 85.4 Å². The second-order valence-electron chi connectivity index (χ2n) is 7.41. The van der Waals surface area contributed by atoms with Gasteiger partial charge in [0.2, 0.25) is 0 Å². The lowest BCUT2D eigenvalue weighted by molar-refractivity contribution is 0.617. The van der Waals surface area contributed by atoms with Crippen molar-refractivity contribution in [3.63, 3.8) is 0 Å². The summed E-state index contributed by atoms with van der Waals surface area (Å²) in [5, 5.41) is 0. The summed E-state index contributed by atoms with van der Waals surface area (Å²) >= 11 is 0. The third-order valence-corrected chi connectivity index (χ3v) is 9.19. The van der Waals surface area contributed by atoms with E-state index >= 15 is 0 Å². The van der Waals surface area contributed by atoms with Gasteiger partial charge < -0.3 is 0 Å². The van der Waals surface area contributed by atoms with Crippen molar-refractivity contribution in [2.45, 2.75) is 115 Å². The van der Waals surface area contributed by atoms with E-state index in [0.29, 0.717) is 0 Å². The van der Waals surface area contributed by atoms with Crippen molar-refractivity contribution in [1.82, 2.24) is 0 Å². The van der Waals surface area contributed by atoms with Crippen LogP contribution in [-0.2, 0) is 0 Å². The summed E-state index contributed by atoms with van der Waals surface area (Å²) in [6, 6.07) is 0. The lowest BCUT2D eigenvalue weighted by Crippen LogP contribution is -2.23. The van der Waals surface area contributed by atoms with Gasteiger partial charge in [0.25, 0.3) is 0 Å². The van der Waals surface area contributed by atoms with Gasteiger partial charge in [-0.25, -0.2) is 0 Å². The van der Waals surface area contributed by atoms with Crippen LogP contribution in [0.25, 0.3) is 0 Å². The van der Waals surface area contributed by atoms with Gasteiger partial charge in [-0.15, -0.1) is 19.7 Å². The normalized spacial score (nSPS) is 16.0. The summed E-state index contributed by atoms with van der Waals surface area (Å²) in [6.07, 6.45) is 22.3. The van der Waals surface area contributed by atoms with Crippen LogP contribution < -0.4 is 0 Å². The molecule has 0 aromatic carbocycles. The predicted octanol–water partition coefficient (Wildman–Crippen LogP) is 8.87. The van der Waals surface area contributed by atoms with E-state index < -0.39 is 0 Å². The molecule has 0 spiro atoms. The number of hydrogen-bond donors (Lipinski definition) is 0. The maximum atomic E-state index is 4.10. The van der Waals surface area contributed by atoms with Crippen LogP contribution in [0.15, 0.2) is 38.0 Å². The Labute approximate surface area is 161 Å². The summed E-state index contributed by atoms with van der Waals surface area (Å²) in [6.45, 7) is 19.3. The lowest BCUT2D eigenvalue weighted by atomic mass is 10.1. The molecule has 0 saturated heterocycles. The topological polar surface area (TPSA) is 0 Å². The predicted molar refractivity (Wildman–Crippen MR) is 121 cm³/mol. The second kappa shape index (κ2) is 17.1. The highest BCUT2D eigenvalue weighted by Crippen LogP contribution is 2.58. The molecule has 0 rings (SSSR count). The molecule has 0 N–H and O–H groups in total. The van der Waals surface area contributed by atoms with Crippen LogP contribution in [0.5, 0.6) is 0 Å². The minimum absolute atomic E-state index is 0.0172. The van der Waals surface area contributed by atoms with Crippen molar-refractivity contribution < 1.29 is 0 Å². The van der Waals surface area contributed by atoms with E-state index in [4.69, 9.17) is 0 Å². The van der Waals surface area contributed by atoms with Crippen molar-refractivity contribution in [3.8, 4) is 0 Å². The van der Waals surface area contributed by atoms with Gasteiger partial charge in [0.05, 0.1) is 0 Å². The maximum absolute atomic E-state index is 4.10. The quantitative estimate of drug-likeness (QED) is 0.168. The number of rotatable bonds is 18. The number of allylic oxidation sites excluding steroid dienone is 3. The molecular formula is C24H45P. The molecule has 0 amide bonds. The first kappa shape index (κ1) is 24.7. The molecule has 0 aliphatic carbocycles. The smallest absolute Gasteiger partial charge is 0.0170 e. The third kappa shape index (κ3) is 10.4. The van der Waals surface area contributed by atoms with Gasteiger partial charge in [0, 0.05) is 0 Å². The fraction of sp³-hybridized carbons (Fsp3) is 0.750. The number of hydrogen-bond acceptors (Lipinski definition) is 0. The average molecular weight is 365 g/mol. The molecule has 1 heteroatoms. The zero-order valence-electron chi connectivity index (χ0n) is 17.5. The van der Waals surface area contributed by atoms with Gasteiger partial charge in [-0.3, -0.25) is 0 Å². The number of unbranched alkanes of at least 4 members (excludes halogenated alkanes) is 3. The molecule has 3 atom stereocenters. The Balaban J connectivity index is 5.58. The summed E-state index contributed by atoms with van der Waals surface area (Å²) in [4.78, 5) is 0. The van der Waals surface area contributed by atoms with Crippen LogP contribution in [0, 0.1) is 0 Å². The molecule has 0 nitrogen and oxygen atoms in total. The van der Waals surface area contributed by atoms with Crippen LogP contribution in [0.4, 0.5) is 0 Å². The summed E-state index contributed by atoms with van der Waals surface area (Å²) in [7, 11) is -0.0172. The van der Waals surface area contributed by atoms with Gasteiger partial charge >= 0.3 is 0 Å². The largest absolute Gasteiger partial charge is 0.103 e. The van der Waals surface area contributed by atoms with Gasteiger partial charge in [0.1, 0.15) is 0 Å². The van der Waals surface area contributed by atoms with Crippen LogP contribution >= 0.6 is 7.92 Å². The fourth-order valence-corrected chi connectivity index (χ4v) is 8.37. The van der Waals surface area contributed by atoms with Crippen LogP contribution in [0.3, 0.4) is 0 Å². The maximum Gasteiger partial charge on any atom is -0.0170 e. The van der Waals surface area contributed by atoms with Gasteiger partial charge in [-0.2, -0.15) is 0 Å². The standard InChI is InChI=1S/C24H45P/c1-7-13-19-22(16-10-4)25(23(17-11-5)20-14-8-2)24(18-12-6)21-15-9-3/h10-12,22-24H,4-9,13-21H2,1-3H3. The highest BCUT2D eigenvalue weighted by atomic mass is 31.1. The molecular weight excluding hydrogens is 319 g/mol. The zero-order chi connectivity index (χ0) is 18.9. The Hall–Kier alpha value is -0.350. The molecule has 0 fully saturated rings. The lowest BCUT2D eigenvalue weighted by Gasteiger charge is -2.40. The molecule has 0 aromatic rings. The van der Waals surface area contributed by atoms with E-state index in [2.05, 4.69) is 58.7 Å². The Bertz CT molecular complexity index is 281. The van der Waals surface area contributed by atoms with E-state index in [0.717, 1.165) is 17.0 Å². The molecule has 0 heterocycles. The Morgan fingerprint density at radius 2 is 0.880 bits per heavy atom. The molecule has 25 heavy (non-hydrogen) atoms. The first-order valence-electron chi connectivity index (χ1n) is 10.8. The summed E-state index contributed by atoms with van der Waals surface area (Å²) in [5.74, 6) is 0. The minimum atomic E-state index is -0.0172. The first-order chi connectivity index (χ1) is 12.2. The molecule has 0 aromatic heterocycles. The minimum Gasteiger partial charge on any atom is -0.103 e. The van der Waals surface area contributed by atoms with E-state index in [1.165, 1.54) is 77.0 Å². The van der Waals surface area contributed by atoms with E-state index in [9.17, 15) is 0 Å². The highest BCUT2D eigenvalue weighted by molar-refractivity contribution is 7.60. The monoisotopic (exact) mass is 364 g/mol. The average Bonchev–Trinajstić information content (AvgIpc) is 2.62. The van der Waals surface area contributed by atoms with Gasteiger partial charge in [0.15, 0.2) is 0 Å². The summed E-state index contributed by atoms with van der Waals surface area (Å²) in [5.41, 5.74) is 2.53. The van der Waals surface area contributed by atoms with Gasteiger partial charge in [-0.05, 0) is 55.5 Å². The van der Waals surface area contributed by atoms with Crippen LogP contribution in [0.2, 0.25) is 0 Å². The Kier molecular flexibility index (Phi) is 16.8. The van der Waals surface area contributed by atoms with Crippen LogP contribution in [-0.4, -0.2) is 17.0 Å². The third-order valence-electron chi connectivity index (χ3n) is 5.25. The second-order valence-corrected chi connectivity index (χ2v) is 10.5. The Morgan fingerprint density at radius 3 is 1.08 bits per heavy atom. The van der Waals surface area contributed by atoms with Crippen molar-refractivity contribution in [1.29, 1.82) is 0 Å². The molecule has 0 aliphatic heterocycles. The Morgan fingerprint density at radius 1 is 0.600 bits per heavy atom. The molecule has 0 saturated carbocycles. The van der Waals surface area contributed by atoms with Crippen LogP contribution in [0.1, 0.15) is 97.8 Å². The fourth-order valence-electron chi connectivity index (χ4n) is 3.96. The van der Waals surface area contributed by atoms with Crippen molar-refractivity contribution in [2.75, 3.05) is 0 Å². The molecule has 0 bridgehead atoms. The summed E-state index contributed by atoms with van der Waals surface area (Å²) < 4.78 is 0. The van der Waals surface area contributed by atoms with E-state index in [1.54, 1.807) is 0 Å². The van der Waals surface area contributed by atoms with Crippen molar-refractivity contribution in [3.05, 3.63) is 38.0 Å². The molecule has 3 unspecified atom stereocenters. The first-order valence-corrected chi connectivity index (χ1v) is 12.3. The molecule has 146 valence electrons. The SMILES string of the molecule is C=CCC(CCCC)P(C(CC=C)CCCC)C(CC=C)CCCC.